The quantitative estimate of drug-likeness (QED) is 0.773. The van der Waals surface area contributed by atoms with Crippen LogP contribution in [0.15, 0.2) is 47.1 Å². The van der Waals surface area contributed by atoms with E-state index in [1.807, 2.05) is 42.5 Å². The highest BCUT2D eigenvalue weighted by Crippen LogP contribution is 2.33. The average molecular weight is 329 g/mol. The van der Waals surface area contributed by atoms with Gasteiger partial charge in [-0.2, -0.15) is 0 Å². The zero-order valence-electron chi connectivity index (χ0n) is 12.3. The van der Waals surface area contributed by atoms with Gasteiger partial charge in [0.25, 0.3) is 0 Å². The van der Waals surface area contributed by atoms with Crippen LogP contribution in [-0.4, -0.2) is 22.4 Å². The number of carbonyl (C=O) groups is 1. The van der Waals surface area contributed by atoms with E-state index >= 15 is 0 Å². The van der Waals surface area contributed by atoms with Crippen LogP contribution >= 0.6 is 23.5 Å². The van der Waals surface area contributed by atoms with Gasteiger partial charge in [0.15, 0.2) is 0 Å². The molecule has 1 aliphatic heterocycles. The molecule has 0 amide bonds. The second-order valence-corrected chi connectivity index (χ2v) is 7.11. The zero-order chi connectivity index (χ0) is 15.5. The van der Waals surface area contributed by atoms with Gasteiger partial charge in [0.05, 0.1) is 7.11 Å². The number of nitrogens with zero attached hydrogens (tertiary/aromatic N) is 1. The topological polar surface area (TPSA) is 38.7 Å². The van der Waals surface area contributed by atoms with Gasteiger partial charge in [0, 0.05) is 5.39 Å². The molecule has 1 aliphatic rings. The summed E-state index contributed by atoms with van der Waals surface area (Å²) in [5, 5.41) is 2.10. The zero-order valence-corrected chi connectivity index (χ0v) is 14.0. The van der Waals surface area contributed by atoms with Crippen LogP contribution in [0.1, 0.15) is 12.5 Å². The molecule has 0 atom stereocenters. The molecule has 5 heteroatoms. The van der Waals surface area contributed by atoms with Gasteiger partial charge in [-0.05, 0) is 40.6 Å². The molecule has 2 aromatic carbocycles. The first-order valence-corrected chi connectivity index (χ1v) is 8.74. The number of ether oxygens (including phenoxy) is 1. The van der Waals surface area contributed by atoms with Gasteiger partial charge in [-0.3, -0.25) is 4.79 Å². The summed E-state index contributed by atoms with van der Waals surface area (Å²) in [7, 11) is 1.66. The molecule has 0 fully saturated rings. The summed E-state index contributed by atoms with van der Waals surface area (Å²) in [6.45, 7) is 2.05. The second-order valence-electron chi connectivity index (χ2n) is 4.63. The molecule has 1 heterocycles. The number of hydrogen-bond donors (Lipinski definition) is 0. The SMILES string of the molecule is CCSC1=N/C(=C/c2ccc(OC)c3ccccc23)C(=O)S1. The maximum absolute atomic E-state index is 12.1. The number of rotatable bonds is 3. The van der Waals surface area contributed by atoms with Gasteiger partial charge in [0.2, 0.25) is 5.12 Å². The molecule has 0 saturated carbocycles. The Bertz CT molecular complexity index is 796. The fourth-order valence-corrected chi connectivity index (χ4v) is 4.06. The molecule has 0 aliphatic carbocycles. The number of benzene rings is 2. The number of carbonyl (C=O) groups excluding carboxylic acids is 1. The monoisotopic (exact) mass is 329 g/mol. The van der Waals surface area contributed by atoms with E-state index in [-0.39, 0.29) is 5.12 Å². The molecule has 0 aromatic heterocycles. The van der Waals surface area contributed by atoms with E-state index in [2.05, 4.69) is 11.9 Å². The third-order valence-corrected chi connectivity index (χ3v) is 5.19. The minimum atomic E-state index is 0.0100. The molecule has 0 saturated heterocycles. The number of aliphatic imine (C=N–C) groups is 1. The third-order valence-electron chi connectivity index (χ3n) is 3.30. The van der Waals surface area contributed by atoms with E-state index in [0.717, 1.165) is 32.2 Å². The predicted octanol–water partition coefficient (Wildman–Crippen LogP) is 4.57. The molecule has 0 unspecified atom stereocenters. The van der Waals surface area contributed by atoms with Crippen LogP contribution in [0.3, 0.4) is 0 Å². The summed E-state index contributed by atoms with van der Waals surface area (Å²) in [5.41, 5.74) is 1.49. The summed E-state index contributed by atoms with van der Waals surface area (Å²) < 4.78 is 6.23. The van der Waals surface area contributed by atoms with Crippen LogP contribution in [0.5, 0.6) is 5.75 Å². The normalized spacial score (nSPS) is 16.4. The number of methoxy groups -OCH3 is 1. The van der Waals surface area contributed by atoms with Crippen molar-refractivity contribution in [2.75, 3.05) is 12.9 Å². The molecule has 0 spiro atoms. The molecule has 0 N–H and O–H groups in total. The summed E-state index contributed by atoms with van der Waals surface area (Å²) in [6.07, 6.45) is 1.86. The van der Waals surface area contributed by atoms with Crippen molar-refractivity contribution in [1.29, 1.82) is 0 Å². The minimum Gasteiger partial charge on any atom is -0.496 e. The van der Waals surface area contributed by atoms with Crippen molar-refractivity contribution in [2.24, 2.45) is 4.99 Å². The Morgan fingerprint density at radius 2 is 2.00 bits per heavy atom. The summed E-state index contributed by atoms with van der Waals surface area (Å²) in [4.78, 5) is 16.5. The van der Waals surface area contributed by atoms with Crippen LogP contribution in [-0.2, 0) is 4.79 Å². The van der Waals surface area contributed by atoms with Crippen molar-refractivity contribution < 1.29 is 9.53 Å². The lowest BCUT2D eigenvalue weighted by atomic mass is 10.0. The van der Waals surface area contributed by atoms with E-state index in [1.165, 1.54) is 11.8 Å². The van der Waals surface area contributed by atoms with Gasteiger partial charge in [-0.25, -0.2) is 4.99 Å². The van der Waals surface area contributed by atoms with Crippen molar-refractivity contribution in [2.45, 2.75) is 6.92 Å². The Morgan fingerprint density at radius 3 is 2.73 bits per heavy atom. The van der Waals surface area contributed by atoms with E-state index < -0.39 is 0 Å². The largest absolute Gasteiger partial charge is 0.496 e. The van der Waals surface area contributed by atoms with Gasteiger partial charge in [0.1, 0.15) is 15.8 Å². The second kappa shape index (κ2) is 6.58. The Balaban J connectivity index is 2.08. The van der Waals surface area contributed by atoms with Crippen molar-refractivity contribution in [1.82, 2.24) is 0 Å². The Kier molecular flexibility index (Phi) is 4.55. The Hall–Kier alpha value is -1.72. The summed E-state index contributed by atoms with van der Waals surface area (Å²) >= 11 is 2.81. The van der Waals surface area contributed by atoms with Gasteiger partial charge >= 0.3 is 0 Å². The van der Waals surface area contributed by atoms with Crippen molar-refractivity contribution in [3.63, 3.8) is 0 Å². The van der Waals surface area contributed by atoms with Gasteiger partial charge in [-0.15, -0.1) is 0 Å². The Labute approximate surface area is 137 Å². The molecule has 22 heavy (non-hydrogen) atoms. The fraction of sp³-hybridized carbons (Fsp3) is 0.176. The molecular weight excluding hydrogens is 314 g/mol. The average Bonchev–Trinajstić information content (AvgIpc) is 2.88. The molecule has 0 bridgehead atoms. The number of hydrogen-bond acceptors (Lipinski definition) is 5. The Morgan fingerprint density at radius 1 is 1.23 bits per heavy atom. The first kappa shape index (κ1) is 15.2. The number of thioether (sulfide) groups is 2. The standard InChI is InChI=1S/C17H15NO2S2/c1-3-21-17-18-14(16(19)22-17)10-11-8-9-15(20-2)13-7-5-4-6-12(11)13/h4-10H,3H2,1-2H3/b14-10+. The lowest BCUT2D eigenvalue weighted by molar-refractivity contribution is -0.107. The molecule has 112 valence electrons. The van der Waals surface area contributed by atoms with E-state index in [1.54, 1.807) is 18.9 Å². The lowest BCUT2D eigenvalue weighted by Gasteiger charge is -2.08. The highest BCUT2D eigenvalue weighted by Gasteiger charge is 2.22. The van der Waals surface area contributed by atoms with Crippen LogP contribution in [0.2, 0.25) is 0 Å². The van der Waals surface area contributed by atoms with Crippen molar-refractivity contribution in [3.05, 3.63) is 47.7 Å². The van der Waals surface area contributed by atoms with Gasteiger partial charge < -0.3 is 4.74 Å². The first-order valence-electron chi connectivity index (χ1n) is 6.94. The van der Waals surface area contributed by atoms with Crippen LogP contribution in [0.25, 0.3) is 16.8 Å². The fourth-order valence-electron chi connectivity index (χ4n) is 2.32. The van der Waals surface area contributed by atoms with Gasteiger partial charge in [-0.1, -0.05) is 49.0 Å². The minimum absolute atomic E-state index is 0.0100. The van der Waals surface area contributed by atoms with Crippen LogP contribution in [0.4, 0.5) is 0 Å². The maximum Gasteiger partial charge on any atom is 0.244 e. The highest BCUT2D eigenvalue weighted by molar-refractivity contribution is 8.45. The number of fused-ring (bicyclic) bond motifs is 1. The predicted molar refractivity (Wildman–Crippen MR) is 96.6 cm³/mol. The van der Waals surface area contributed by atoms with Crippen molar-refractivity contribution >= 4 is 49.9 Å². The van der Waals surface area contributed by atoms with Crippen molar-refractivity contribution in [3.8, 4) is 5.75 Å². The third kappa shape index (κ3) is 2.91. The van der Waals surface area contributed by atoms with E-state index in [0.29, 0.717) is 5.70 Å². The molecular formula is C17H15NO2S2. The highest BCUT2D eigenvalue weighted by atomic mass is 32.2. The smallest absolute Gasteiger partial charge is 0.244 e. The maximum atomic E-state index is 12.1. The van der Waals surface area contributed by atoms with Crippen LogP contribution in [0, 0.1) is 0 Å². The molecule has 0 radical (unpaired) electrons. The lowest BCUT2D eigenvalue weighted by Crippen LogP contribution is -1.90. The van der Waals surface area contributed by atoms with Crippen LogP contribution < -0.4 is 4.74 Å². The molecule has 2 aromatic rings. The summed E-state index contributed by atoms with van der Waals surface area (Å²) in [6, 6.07) is 11.9. The van der Waals surface area contributed by atoms with E-state index in [9.17, 15) is 4.79 Å². The first-order chi connectivity index (χ1) is 10.7. The molecule has 3 nitrogen and oxygen atoms in total. The van der Waals surface area contributed by atoms with E-state index in [4.69, 9.17) is 4.74 Å². The molecule has 3 rings (SSSR count). The summed E-state index contributed by atoms with van der Waals surface area (Å²) in [5.74, 6) is 1.74.